The van der Waals surface area contributed by atoms with Crippen molar-refractivity contribution >= 4 is 0 Å². The van der Waals surface area contributed by atoms with Crippen LogP contribution in [0, 0.1) is 17.2 Å². The van der Waals surface area contributed by atoms with E-state index in [2.05, 4.69) is 37.9 Å². The van der Waals surface area contributed by atoms with Crippen molar-refractivity contribution in [1.29, 1.82) is 5.26 Å². The maximum absolute atomic E-state index is 10.2. The van der Waals surface area contributed by atoms with Crippen LogP contribution < -0.4 is 31.4 Å². The number of hydrogen-bond donors (Lipinski definition) is 0. The first-order chi connectivity index (χ1) is 15.8. The monoisotopic (exact) mass is 490 g/mol. The Morgan fingerprint density at radius 3 is 1.97 bits per heavy atom. The summed E-state index contributed by atoms with van der Waals surface area (Å²) in [5.41, 5.74) is 1.60. The molecule has 0 aliphatic heterocycles. The van der Waals surface area contributed by atoms with Gasteiger partial charge >= 0.3 is 1.43 Å². The minimum Gasteiger partial charge on any atom is -1.00 e. The maximum Gasteiger partial charge on any atom is 1.00 e. The van der Waals surface area contributed by atoms with Gasteiger partial charge in [-0.05, 0) is 74.2 Å². The molecule has 7 heteroatoms. The smallest absolute Gasteiger partial charge is 1.00 e. The second-order valence-electron chi connectivity index (χ2n) is 8.65. The quantitative estimate of drug-likeness (QED) is 0.429. The zero-order valence-corrected chi connectivity index (χ0v) is 22.2. The van der Waals surface area contributed by atoms with E-state index in [0.29, 0.717) is 11.5 Å². The summed E-state index contributed by atoms with van der Waals surface area (Å²) in [6.45, 7) is 6.06. The molecule has 2 rings (SSSR count). The fourth-order valence-electron chi connectivity index (χ4n) is 4.23. The number of ether oxygens (including phenoxy) is 4. The van der Waals surface area contributed by atoms with Crippen LogP contribution in [0.15, 0.2) is 36.4 Å². The summed E-state index contributed by atoms with van der Waals surface area (Å²) < 4.78 is 21.6. The second kappa shape index (κ2) is 13.9. The van der Waals surface area contributed by atoms with E-state index in [9.17, 15) is 5.26 Å². The molecule has 2 aromatic carbocycles. The molecule has 0 spiro atoms. The van der Waals surface area contributed by atoms with E-state index >= 15 is 0 Å². The molecule has 0 N–H and O–H groups in total. The normalized spacial score (nSPS) is 12.5. The van der Waals surface area contributed by atoms with Gasteiger partial charge < -0.3 is 36.3 Å². The Bertz CT molecular complexity index is 951. The highest BCUT2D eigenvalue weighted by atomic mass is 35.5. The SMILES string of the molecule is COc1ccc(CCN(C)CCC[C@](C#N)(c2ccc(OC)c(OC)c2)C(C)C)cc1OC.[Cl-].[H+]. The molecule has 0 unspecified atom stereocenters. The van der Waals surface area contributed by atoms with Crippen LogP contribution in [0.1, 0.15) is 39.2 Å². The molecule has 34 heavy (non-hydrogen) atoms. The molecule has 0 saturated heterocycles. The van der Waals surface area contributed by atoms with E-state index in [1.54, 1.807) is 28.4 Å². The van der Waals surface area contributed by atoms with Gasteiger partial charge in [-0.3, -0.25) is 0 Å². The lowest BCUT2D eigenvalue weighted by atomic mass is 9.69. The van der Waals surface area contributed by atoms with Crippen molar-refractivity contribution in [3.05, 3.63) is 47.5 Å². The van der Waals surface area contributed by atoms with Gasteiger partial charge in [0.15, 0.2) is 23.0 Å². The van der Waals surface area contributed by atoms with Crippen LogP contribution in [-0.4, -0.2) is 53.5 Å². The lowest BCUT2D eigenvalue weighted by Crippen LogP contribution is -3.00. The molecule has 188 valence electrons. The summed E-state index contributed by atoms with van der Waals surface area (Å²) in [7, 11) is 8.67. The number of nitriles is 1. The Hall–Kier alpha value is -2.62. The minimum absolute atomic E-state index is 0. The van der Waals surface area contributed by atoms with Gasteiger partial charge in [-0.2, -0.15) is 5.26 Å². The number of halogens is 1. The number of likely N-dealkylation sites (N-methyl/N-ethyl adjacent to an activating group) is 1. The fourth-order valence-corrected chi connectivity index (χ4v) is 4.23. The van der Waals surface area contributed by atoms with E-state index in [1.807, 2.05) is 30.3 Å². The molecule has 2 aromatic rings. The number of methoxy groups -OCH3 is 4. The highest BCUT2D eigenvalue weighted by molar-refractivity contribution is 5.47. The van der Waals surface area contributed by atoms with Crippen molar-refractivity contribution in [2.75, 3.05) is 48.6 Å². The standard InChI is InChI=1S/C27H38N2O4.ClH/c1-20(2)27(19-28,22-10-12-24(31-5)26(18-22)33-7)14-8-15-29(3)16-13-21-9-11-23(30-4)25(17-21)32-6;/h9-12,17-18,20H,8,13-16H2,1-7H3;1H/t27-;/m1./s1. The van der Waals surface area contributed by atoms with Crippen molar-refractivity contribution in [2.45, 2.75) is 38.5 Å². The summed E-state index contributed by atoms with van der Waals surface area (Å²) >= 11 is 0. The van der Waals surface area contributed by atoms with Crippen molar-refractivity contribution < 1.29 is 32.8 Å². The zero-order valence-electron chi connectivity index (χ0n) is 22.5. The summed E-state index contributed by atoms with van der Waals surface area (Å²) in [5, 5.41) is 10.2. The van der Waals surface area contributed by atoms with Crippen molar-refractivity contribution in [3.8, 4) is 29.1 Å². The average Bonchev–Trinajstić information content (AvgIpc) is 2.84. The Labute approximate surface area is 212 Å². The number of nitrogens with zero attached hydrogens (tertiary/aromatic N) is 2. The Balaban J connectivity index is 0.00000578. The number of benzene rings is 2. The first-order valence-corrected chi connectivity index (χ1v) is 11.4. The molecular formula is C27H39ClN2O4. The first kappa shape index (κ1) is 29.4. The molecule has 0 bridgehead atoms. The molecule has 1 atom stereocenters. The average molecular weight is 491 g/mol. The summed E-state index contributed by atoms with van der Waals surface area (Å²) in [6, 6.07) is 14.5. The molecule has 0 radical (unpaired) electrons. The van der Waals surface area contributed by atoms with Gasteiger partial charge in [-0.1, -0.05) is 26.0 Å². The molecule has 0 saturated carbocycles. The summed E-state index contributed by atoms with van der Waals surface area (Å²) in [4.78, 5) is 2.31. The number of rotatable bonds is 13. The largest absolute Gasteiger partial charge is 1.00 e. The second-order valence-corrected chi connectivity index (χ2v) is 8.65. The molecule has 0 fully saturated rings. The highest BCUT2D eigenvalue weighted by Gasteiger charge is 2.36. The third kappa shape index (κ3) is 6.94. The molecule has 0 aliphatic carbocycles. The Morgan fingerprint density at radius 1 is 0.882 bits per heavy atom. The van der Waals surface area contributed by atoms with Gasteiger partial charge in [0.1, 0.15) is 0 Å². The van der Waals surface area contributed by atoms with Gasteiger partial charge in [0.25, 0.3) is 0 Å². The number of hydrogen-bond acceptors (Lipinski definition) is 6. The third-order valence-corrected chi connectivity index (χ3v) is 6.42. The lowest BCUT2D eigenvalue weighted by Gasteiger charge is -2.32. The zero-order chi connectivity index (χ0) is 24.4. The van der Waals surface area contributed by atoms with Gasteiger partial charge in [-0.15, -0.1) is 0 Å². The van der Waals surface area contributed by atoms with Crippen molar-refractivity contribution in [1.82, 2.24) is 4.90 Å². The molecule has 0 aromatic heterocycles. The fraction of sp³-hybridized carbons (Fsp3) is 0.519. The molecule has 0 amide bonds. The van der Waals surface area contributed by atoms with E-state index in [-0.39, 0.29) is 19.8 Å². The lowest BCUT2D eigenvalue weighted by molar-refractivity contribution is -0.00000833. The van der Waals surface area contributed by atoms with E-state index in [4.69, 9.17) is 18.9 Å². The molecule has 0 aliphatic rings. The topological polar surface area (TPSA) is 64.0 Å². The van der Waals surface area contributed by atoms with Crippen LogP contribution in [0.5, 0.6) is 23.0 Å². The van der Waals surface area contributed by atoms with Gasteiger partial charge in [0.2, 0.25) is 0 Å². The molecule has 6 nitrogen and oxygen atoms in total. The third-order valence-electron chi connectivity index (χ3n) is 6.42. The van der Waals surface area contributed by atoms with E-state index in [1.165, 1.54) is 5.56 Å². The van der Waals surface area contributed by atoms with Crippen molar-refractivity contribution in [2.24, 2.45) is 5.92 Å². The van der Waals surface area contributed by atoms with Crippen LogP contribution in [0.25, 0.3) is 0 Å². The predicted molar refractivity (Wildman–Crippen MR) is 133 cm³/mol. The maximum atomic E-state index is 10.2. The van der Waals surface area contributed by atoms with Crippen LogP contribution in [-0.2, 0) is 11.8 Å². The van der Waals surface area contributed by atoms with Gasteiger partial charge in [-0.25, -0.2) is 0 Å². The highest BCUT2D eigenvalue weighted by Crippen LogP contribution is 2.40. The Morgan fingerprint density at radius 2 is 1.44 bits per heavy atom. The van der Waals surface area contributed by atoms with Crippen LogP contribution >= 0.6 is 0 Å². The van der Waals surface area contributed by atoms with Crippen LogP contribution in [0.4, 0.5) is 0 Å². The van der Waals surface area contributed by atoms with Crippen LogP contribution in [0.2, 0.25) is 0 Å². The van der Waals surface area contributed by atoms with E-state index in [0.717, 1.165) is 49.4 Å². The van der Waals surface area contributed by atoms with Gasteiger partial charge in [0, 0.05) is 6.54 Å². The first-order valence-electron chi connectivity index (χ1n) is 11.4. The summed E-state index contributed by atoms with van der Waals surface area (Å²) in [6.07, 6.45) is 2.61. The molecule has 0 heterocycles. The Kier molecular flexibility index (Phi) is 12.1. The van der Waals surface area contributed by atoms with Crippen LogP contribution in [0.3, 0.4) is 0 Å². The molecular weight excluding hydrogens is 452 g/mol. The van der Waals surface area contributed by atoms with Gasteiger partial charge in [0.05, 0.1) is 39.9 Å². The van der Waals surface area contributed by atoms with Crippen molar-refractivity contribution in [3.63, 3.8) is 0 Å². The van der Waals surface area contributed by atoms with E-state index < -0.39 is 5.41 Å². The summed E-state index contributed by atoms with van der Waals surface area (Å²) in [5.74, 6) is 2.99. The minimum atomic E-state index is -0.580. The predicted octanol–water partition coefficient (Wildman–Crippen LogP) is 2.21.